The molecule has 0 spiro atoms. The summed E-state index contributed by atoms with van der Waals surface area (Å²) in [5, 5.41) is 10.6. The van der Waals surface area contributed by atoms with Gasteiger partial charge in [0.1, 0.15) is 18.5 Å². The van der Waals surface area contributed by atoms with Gasteiger partial charge in [0.05, 0.1) is 23.7 Å². The van der Waals surface area contributed by atoms with Crippen molar-refractivity contribution >= 4 is 16.7 Å². The number of nitriles is 1. The van der Waals surface area contributed by atoms with Crippen LogP contribution in [-0.2, 0) is 4.74 Å². The van der Waals surface area contributed by atoms with Crippen LogP contribution < -0.4 is 4.90 Å². The molecule has 2 aliphatic rings. The molecule has 2 saturated heterocycles. The molecule has 1 aromatic heterocycles. The average molecular weight is 432 g/mol. The highest BCUT2D eigenvalue weighted by molar-refractivity contribution is 5.83. The minimum Gasteiger partial charge on any atom is -0.365 e. The minimum absolute atomic E-state index is 0.223. The van der Waals surface area contributed by atoms with Gasteiger partial charge in [-0.05, 0) is 38.8 Å². The molecular formula is C26H33N5O. The number of rotatable bonds is 5. The summed E-state index contributed by atoms with van der Waals surface area (Å²) in [6.45, 7) is 12.0. The number of benzene rings is 1. The van der Waals surface area contributed by atoms with E-state index < -0.39 is 0 Å². The monoisotopic (exact) mass is 431 g/mol. The van der Waals surface area contributed by atoms with Crippen LogP contribution in [0.5, 0.6) is 0 Å². The lowest BCUT2D eigenvalue weighted by molar-refractivity contribution is 0.0593. The molecule has 4 rings (SSSR count). The van der Waals surface area contributed by atoms with Gasteiger partial charge in [0.2, 0.25) is 0 Å². The molecule has 6 heteroatoms. The quantitative estimate of drug-likeness (QED) is 0.678. The van der Waals surface area contributed by atoms with Crippen molar-refractivity contribution in [3.63, 3.8) is 0 Å². The summed E-state index contributed by atoms with van der Waals surface area (Å²) in [5.74, 6) is 7.27. The number of hydrogen-bond acceptors (Lipinski definition) is 6. The highest BCUT2D eigenvalue weighted by Gasteiger charge is 2.23. The van der Waals surface area contributed by atoms with Gasteiger partial charge in [-0.2, -0.15) is 5.26 Å². The number of pyridine rings is 1. The molecule has 0 radical (unpaired) electrons. The number of piperazine rings is 1. The topological polar surface area (TPSA) is 55.6 Å². The smallest absolute Gasteiger partial charge is 0.147 e. The molecule has 0 bridgehead atoms. The Labute approximate surface area is 191 Å². The van der Waals surface area contributed by atoms with Crippen LogP contribution in [0.4, 0.5) is 5.82 Å². The second-order valence-corrected chi connectivity index (χ2v) is 8.92. The normalized spacial score (nSPS) is 18.5. The van der Waals surface area contributed by atoms with Crippen LogP contribution in [0.3, 0.4) is 0 Å². The third-order valence-corrected chi connectivity index (χ3v) is 6.52. The number of fused-ring (bicyclic) bond motifs is 1. The summed E-state index contributed by atoms with van der Waals surface area (Å²) in [6, 6.07) is 12.9. The minimum atomic E-state index is 0.223. The van der Waals surface area contributed by atoms with Gasteiger partial charge in [0.15, 0.2) is 0 Å². The van der Waals surface area contributed by atoms with Gasteiger partial charge in [0.25, 0.3) is 0 Å². The van der Waals surface area contributed by atoms with Crippen molar-refractivity contribution in [3.8, 4) is 17.9 Å². The molecule has 0 N–H and O–H groups in total. The molecule has 0 unspecified atom stereocenters. The molecule has 0 amide bonds. The first-order valence-corrected chi connectivity index (χ1v) is 11.7. The predicted molar refractivity (Wildman–Crippen MR) is 129 cm³/mol. The Morgan fingerprint density at radius 3 is 2.53 bits per heavy atom. The number of anilines is 1. The maximum atomic E-state index is 9.60. The Bertz CT molecular complexity index is 1000. The molecule has 3 heterocycles. The molecule has 32 heavy (non-hydrogen) atoms. The zero-order valence-corrected chi connectivity index (χ0v) is 19.3. The summed E-state index contributed by atoms with van der Waals surface area (Å²) >= 11 is 0. The van der Waals surface area contributed by atoms with Crippen molar-refractivity contribution < 1.29 is 4.74 Å². The highest BCUT2D eigenvalue weighted by atomic mass is 16.5. The Morgan fingerprint density at radius 1 is 1.06 bits per heavy atom. The maximum Gasteiger partial charge on any atom is 0.147 e. The fourth-order valence-corrected chi connectivity index (χ4v) is 4.48. The Balaban J connectivity index is 1.21. The summed E-state index contributed by atoms with van der Waals surface area (Å²) in [6.07, 6.45) is 2.08. The molecule has 2 aromatic rings. The zero-order chi connectivity index (χ0) is 22.3. The van der Waals surface area contributed by atoms with Crippen LogP contribution in [0, 0.1) is 23.2 Å². The molecule has 0 saturated carbocycles. The first kappa shape index (κ1) is 22.6. The van der Waals surface area contributed by atoms with Crippen LogP contribution in [0.1, 0.15) is 32.3 Å². The first-order chi connectivity index (χ1) is 15.6. The first-order valence-electron chi connectivity index (χ1n) is 11.7. The third-order valence-electron chi connectivity index (χ3n) is 6.52. The molecule has 6 nitrogen and oxygen atoms in total. The van der Waals surface area contributed by atoms with Gasteiger partial charge >= 0.3 is 0 Å². The predicted octanol–water partition coefficient (Wildman–Crippen LogP) is 3.12. The van der Waals surface area contributed by atoms with E-state index in [0.29, 0.717) is 18.2 Å². The van der Waals surface area contributed by atoms with E-state index in [0.717, 1.165) is 75.4 Å². The molecule has 2 aliphatic heterocycles. The standard InChI is InChI=1S/C26H33N5O/c1-21(2)30-16-14-29(15-17-30)11-5-6-18-32-24-9-12-31(13-10-24)26-23(20-27)19-22-7-3-4-8-25(22)28-26/h3-4,7-8,19,21,24H,9-18H2,1-2H3. The summed E-state index contributed by atoms with van der Waals surface area (Å²) in [7, 11) is 0. The number of aromatic nitrogens is 1. The second-order valence-electron chi connectivity index (χ2n) is 8.92. The zero-order valence-electron chi connectivity index (χ0n) is 19.3. The lowest BCUT2D eigenvalue weighted by Gasteiger charge is -2.36. The Hall–Kier alpha value is -2.64. The van der Waals surface area contributed by atoms with Gasteiger partial charge in [-0.1, -0.05) is 30.0 Å². The lowest BCUT2D eigenvalue weighted by atomic mass is 10.1. The van der Waals surface area contributed by atoms with E-state index in [1.54, 1.807) is 0 Å². The SMILES string of the molecule is CC(C)N1CCN(CC#CCOC2CCN(c3nc4ccccc4cc3C#N)CC2)CC1. The molecule has 0 aliphatic carbocycles. The van der Waals surface area contributed by atoms with E-state index in [9.17, 15) is 5.26 Å². The van der Waals surface area contributed by atoms with Crippen LogP contribution in [-0.4, -0.2) is 79.3 Å². The number of piperidine rings is 1. The maximum absolute atomic E-state index is 9.60. The second kappa shape index (κ2) is 10.8. The molecule has 168 valence electrons. The van der Waals surface area contributed by atoms with E-state index in [1.807, 2.05) is 30.3 Å². The van der Waals surface area contributed by atoms with Crippen molar-refractivity contribution in [2.24, 2.45) is 0 Å². The van der Waals surface area contributed by atoms with Gasteiger partial charge in [-0.3, -0.25) is 9.80 Å². The van der Waals surface area contributed by atoms with E-state index in [1.165, 1.54) is 0 Å². The molecule has 1 aromatic carbocycles. The van der Waals surface area contributed by atoms with E-state index in [4.69, 9.17) is 9.72 Å². The van der Waals surface area contributed by atoms with Crippen LogP contribution >= 0.6 is 0 Å². The van der Waals surface area contributed by atoms with Crippen molar-refractivity contribution in [2.75, 3.05) is 57.3 Å². The van der Waals surface area contributed by atoms with Gasteiger partial charge < -0.3 is 9.64 Å². The van der Waals surface area contributed by atoms with Crippen molar-refractivity contribution in [1.29, 1.82) is 5.26 Å². The van der Waals surface area contributed by atoms with E-state index >= 15 is 0 Å². The Morgan fingerprint density at radius 2 is 1.81 bits per heavy atom. The summed E-state index contributed by atoms with van der Waals surface area (Å²) in [5.41, 5.74) is 1.57. The van der Waals surface area contributed by atoms with Gasteiger partial charge in [-0.25, -0.2) is 4.98 Å². The number of para-hydroxylation sites is 1. The van der Waals surface area contributed by atoms with E-state index in [-0.39, 0.29) is 6.10 Å². The molecule has 0 atom stereocenters. The highest BCUT2D eigenvalue weighted by Crippen LogP contribution is 2.26. The molecular weight excluding hydrogens is 398 g/mol. The van der Waals surface area contributed by atoms with Crippen LogP contribution in [0.2, 0.25) is 0 Å². The van der Waals surface area contributed by atoms with Crippen molar-refractivity contribution in [3.05, 3.63) is 35.9 Å². The fourth-order valence-electron chi connectivity index (χ4n) is 4.48. The average Bonchev–Trinajstić information content (AvgIpc) is 2.83. The van der Waals surface area contributed by atoms with Gasteiger partial charge in [0, 0.05) is 50.7 Å². The fraction of sp³-hybridized carbons (Fsp3) is 0.538. The summed E-state index contributed by atoms with van der Waals surface area (Å²) in [4.78, 5) is 11.9. The number of nitrogens with zero attached hydrogens (tertiary/aromatic N) is 5. The van der Waals surface area contributed by atoms with Gasteiger partial charge in [-0.15, -0.1) is 0 Å². The molecule has 2 fully saturated rings. The summed E-state index contributed by atoms with van der Waals surface area (Å²) < 4.78 is 6.02. The van der Waals surface area contributed by atoms with Crippen molar-refractivity contribution in [1.82, 2.24) is 14.8 Å². The van der Waals surface area contributed by atoms with Crippen LogP contribution in [0.15, 0.2) is 30.3 Å². The third kappa shape index (κ3) is 5.58. The Kier molecular flexibility index (Phi) is 7.60. The largest absolute Gasteiger partial charge is 0.365 e. The van der Waals surface area contributed by atoms with Crippen LogP contribution in [0.25, 0.3) is 10.9 Å². The van der Waals surface area contributed by atoms with Crippen molar-refractivity contribution in [2.45, 2.75) is 38.8 Å². The number of hydrogen-bond donors (Lipinski definition) is 0. The number of ether oxygens (including phenoxy) is 1. The van der Waals surface area contributed by atoms with E-state index in [2.05, 4.69) is 46.5 Å². The lowest BCUT2D eigenvalue weighted by Crippen LogP contribution is -2.48.